The zero-order chi connectivity index (χ0) is 13.1. The maximum absolute atomic E-state index is 6.04. The van der Waals surface area contributed by atoms with Crippen molar-refractivity contribution in [2.45, 2.75) is 46.1 Å². The highest BCUT2D eigenvalue weighted by Gasteiger charge is 2.25. The molecule has 0 radical (unpaired) electrons. The summed E-state index contributed by atoms with van der Waals surface area (Å²) in [5.41, 5.74) is 8.13. The summed E-state index contributed by atoms with van der Waals surface area (Å²) in [5, 5.41) is 8.57. The first-order chi connectivity index (χ1) is 8.65. The van der Waals surface area contributed by atoms with Crippen LogP contribution in [0, 0.1) is 5.92 Å². The Labute approximate surface area is 109 Å². The molecule has 1 fully saturated rings. The Morgan fingerprint density at radius 2 is 1.94 bits per heavy atom. The molecule has 0 bridgehead atoms. The van der Waals surface area contributed by atoms with E-state index < -0.39 is 0 Å². The van der Waals surface area contributed by atoms with Gasteiger partial charge < -0.3 is 10.6 Å². The van der Waals surface area contributed by atoms with Gasteiger partial charge in [-0.15, -0.1) is 5.10 Å². The highest BCUT2D eigenvalue weighted by atomic mass is 15.3. The lowest BCUT2D eigenvalue weighted by molar-refractivity contribution is 0.378. The van der Waals surface area contributed by atoms with Gasteiger partial charge in [0.15, 0.2) is 0 Å². The fourth-order valence-corrected chi connectivity index (χ4v) is 2.41. The molecule has 2 atom stereocenters. The Bertz CT molecular complexity index is 406. The van der Waals surface area contributed by atoms with Crippen LogP contribution in [0.4, 0.5) is 5.95 Å². The standard InChI is InChI=1S/C13H23N5/c1-4-11-12(5-2)16-17-13(15-11)18-7-6-10(14)9(3)8-18/h9-10H,4-8,14H2,1-3H3. The van der Waals surface area contributed by atoms with E-state index in [1.807, 2.05) is 0 Å². The minimum Gasteiger partial charge on any atom is -0.339 e. The summed E-state index contributed by atoms with van der Waals surface area (Å²) in [5.74, 6) is 1.25. The molecule has 2 unspecified atom stereocenters. The van der Waals surface area contributed by atoms with Crippen LogP contribution in [0.25, 0.3) is 0 Å². The number of piperidine rings is 1. The average molecular weight is 249 g/mol. The van der Waals surface area contributed by atoms with Crippen molar-refractivity contribution in [1.29, 1.82) is 0 Å². The number of anilines is 1. The number of aromatic nitrogens is 3. The predicted molar refractivity (Wildman–Crippen MR) is 72.6 cm³/mol. The third-order valence-electron chi connectivity index (χ3n) is 3.75. The second kappa shape index (κ2) is 5.61. The first-order valence-electron chi connectivity index (χ1n) is 6.88. The Morgan fingerprint density at radius 1 is 1.22 bits per heavy atom. The maximum Gasteiger partial charge on any atom is 0.245 e. The first kappa shape index (κ1) is 13.2. The molecule has 0 amide bonds. The van der Waals surface area contributed by atoms with E-state index in [0.29, 0.717) is 12.0 Å². The lowest BCUT2D eigenvalue weighted by Gasteiger charge is -2.34. The normalized spacial score (nSPS) is 24.3. The van der Waals surface area contributed by atoms with Gasteiger partial charge in [-0.1, -0.05) is 20.8 Å². The highest BCUT2D eigenvalue weighted by molar-refractivity contribution is 5.31. The van der Waals surface area contributed by atoms with Crippen molar-refractivity contribution >= 4 is 5.95 Å². The second-order valence-electron chi connectivity index (χ2n) is 5.09. The van der Waals surface area contributed by atoms with Crippen molar-refractivity contribution in [3.05, 3.63) is 11.4 Å². The van der Waals surface area contributed by atoms with Crippen LogP contribution in [-0.2, 0) is 12.8 Å². The number of hydrogen-bond acceptors (Lipinski definition) is 5. The van der Waals surface area contributed by atoms with Crippen molar-refractivity contribution in [3.63, 3.8) is 0 Å². The summed E-state index contributed by atoms with van der Waals surface area (Å²) >= 11 is 0. The van der Waals surface area contributed by atoms with E-state index >= 15 is 0 Å². The van der Waals surface area contributed by atoms with Crippen molar-refractivity contribution < 1.29 is 0 Å². The van der Waals surface area contributed by atoms with Crippen molar-refractivity contribution in [3.8, 4) is 0 Å². The summed E-state index contributed by atoms with van der Waals surface area (Å²) in [4.78, 5) is 6.86. The SMILES string of the molecule is CCc1nnc(N2CCC(N)C(C)C2)nc1CC. The summed E-state index contributed by atoms with van der Waals surface area (Å²) in [7, 11) is 0. The molecule has 18 heavy (non-hydrogen) atoms. The Hall–Kier alpha value is -1.23. The third-order valence-corrected chi connectivity index (χ3v) is 3.75. The zero-order valence-electron chi connectivity index (χ0n) is 11.6. The number of hydrogen-bond donors (Lipinski definition) is 1. The van der Waals surface area contributed by atoms with Crippen LogP contribution in [0.15, 0.2) is 0 Å². The van der Waals surface area contributed by atoms with Crippen LogP contribution in [0.2, 0.25) is 0 Å². The summed E-state index contributed by atoms with van der Waals surface area (Å²) in [6.07, 6.45) is 2.81. The molecule has 1 aromatic rings. The first-order valence-corrected chi connectivity index (χ1v) is 6.88. The molecular formula is C13H23N5. The van der Waals surface area contributed by atoms with Gasteiger partial charge in [-0.05, 0) is 25.2 Å². The molecule has 0 aromatic carbocycles. The smallest absolute Gasteiger partial charge is 0.245 e. The molecular weight excluding hydrogens is 226 g/mol. The number of aryl methyl sites for hydroxylation is 2. The third kappa shape index (κ3) is 2.61. The minimum atomic E-state index is 0.301. The molecule has 2 N–H and O–H groups in total. The predicted octanol–water partition coefficient (Wildman–Crippen LogP) is 1.17. The molecule has 0 aliphatic carbocycles. The van der Waals surface area contributed by atoms with Crippen LogP contribution < -0.4 is 10.6 Å². The number of rotatable bonds is 3. The van der Waals surface area contributed by atoms with Crippen LogP contribution >= 0.6 is 0 Å². The maximum atomic E-state index is 6.04. The summed E-state index contributed by atoms with van der Waals surface area (Å²) in [6, 6.07) is 0.301. The van der Waals surface area contributed by atoms with E-state index in [1.165, 1.54) is 0 Å². The molecule has 2 heterocycles. The van der Waals surface area contributed by atoms with Crippen molar-refractivity contribution in [1.82, 2.24) is 15.2 Å². The van der Waals surface area contributed by atoms with Crippen LogP contribution in [-0.4, -0.2) is 34.3 Å². The van der Waals surface area contributed by atoms with Gasteiger partial charge in [0.05, 0.1) is 11.4 Å². The fourth-order valence-electron chi connectivity index (χ4n) is 2.41. The fraction of sp³-hybridized carbons (Fsp3) is 0.769. The average Bonchev–Trinajstić information content (AvgIpc) is 2.41. The lowest BCUT2D eigenvalue weighted by atomic mass is 9.95. The summed E-state index contributed by atoms with van der Waals surface area (Å²) in [6.45, 7) is 8.25. The minimum absolute atomic E-state index is 0.301. The number of nitrogens with two attached hydrogens (primary N) is 1. The largest absolute Gasteiger partial charge is 0.339 e. The Balaban J connectivity index is 2.18. The van der Waals surface area contributed by atoms with Crippen LogP contribution in [0.3, 0.4) is 0 Å². The highest BCUT2D eigenvalue weighted by Crippen LogP contribution is 2.19. The monoisotopic (exact) mass is 249 g/mol. The molecule has 0 spiro atoms. The Morgan fingerprint density at radius 3 is 2.56 bits per heavy atom. The van der Waals surface area contributed by atoms with E-state index in [-0.39, 0.29) is 0 Å². The van der Waals surface area contributed by atoms with Crippen molar-refractivity contribution in [2.24, 2.45) is 11.7 Å². The lowest BCUT2D eigenvalue weighted by Crippen LogP contribution is -2.46. The van der Waals surface area contributed by atoms with Gasteiger partial charge in [0, 0.05) is 19.1 Å². The number of nitrogens with zero attached hydrogens (tertiary/aromatic N) is 4. The van der Waals surface area contributed by atoms with E-state index in [1.54, 1.807) is 0 Å². The topological polar surface area (TPSA) is 67.9 Å². The van der Waals surface area contributed by atoms with E-state index in [4.69, 9.17) is 5.73 Å². The van der Waals surface area contributed by atoms with Gasteiger partial charge in [-0.2, -0.15) is 5.10 Å². The molecule has 5 heteroatoms. The Kier molecular flexibility index (Phi) is 4.11. The van der Waals surface area contributed by atoms with Gasteiger partial charge >= 0.3 is 0 Å². The van der Waals surface area contributed by atoms with Crippen molar-refractivity contribution in [2.75, 3.05) is 18.0 Å². The van der Waals surface area contributed by atoms with E-state index in [0.717, 1.165) is 49.7 Å². The van der Waals surface area contributed by atoms with Gasteiger partial charge in [0.25, 0.3) is 0 Å². The molecule has 1 aromatic heterocycles. The van der Waals surface area contributed by atoms with E-state index in [2.05, 4.69) is 40.9 Å². The quantitative estimate of drug-likeness (QED) is 0.871. The molecule has 1 aliphatic rings. The molecule has 1 aliphatic heterocycles. The van der Waals surface area contributed by atoms with Gasteiger partial charge in [0.1, 0.15) is 0 Å². The second-order valence-corrected chi connectivity index (χ2v) is 5.09. The molecule has 5 nitrogen and oxygen atoms in total. The summed E-state index contributed by atoms with van der Waals surface area (Å²) < 4.78 is 0. The van der Waals surface area contributed by atoms with Gasteiger partial charge in [-0.25, -0.2) is 4.98 Å². The van der Waals surface area contributed by atoms with Gasteiger partial charge in [0.2, 0.25) is 5.95 Å². The molecule has 0 saturated carbocycles. The van der Waals surface area contributed by atoms with Gasteiger partial charge in [-0.3, -0.25) is 0 Å². The molecule has 1 saturated heterocycles. The van der Waals surface area contributed by atoms with Crippen LogP contribution in [0.5, 0.6) is 0 Å². The molecule has 2 rings (SSSR count). The molecule has 100 valence electrons. The zero-order valence-corrected chi connectivity index (χ0v) is 11.6. The van der Waals surface area contributed by atoms with Crippen LogP contribution in [0.1, 0.15) is 38.6 Å². The van der Waals surface area contributed by atoms with E-state index in [9.17, 15) is 0 Å².